The van der Waals surface area contributed by atoms with E-state index in [9.17, 15) is 0 Å². The Kier molecular flexibility index (Phi) is 5.15. The summed E-state index contributed by atoms with van der Waals surface area (Å²) in [6.45, 7) is 8.42. The Morgan fingerprint density at radius 2 is 2.05 bits per heavy atom. The second-order valence-corrected chi connectivity index (χ2v) is 5.13. The summed E-state index contributed by atoms with van der Waals surface area (Å²) >= 11 is 6.38. The van der Waals surface area contributed by atoms with E-state index in [1.165, 1.54) is 0 Å². The fraction of sp³-hybridized carbons (Fsp3) is 0.467. The van der Waals surface area contributed by atoms with Crippen LogP contribution in [0, 0.1) is 6.92 Å². The maximum absolute atomic E-state index is 6.38. The fourth-order valence-corrected chi connectivity index (χ4v) is 2.53. The number of pyridine rings is 1. The molecule has 2 aromatic heterocycles. The third kappa shape index (κ3) is 3.38. The molecule has 0 atom stereocenters. The minimum absolute atomic E-state index is 0.704. The molecule has 0 aromatic carbocycles. The smallest absolute Gasteiger partial charge is 0.0863 e. The zero-order valence-corrected chi connectivity index (χ0v) is 13.0. The maximum atomic E-state index is 6.38. The van der Waals surface area contributed by atoms with Gasteiger partial charge < -0.3 is 5.32 Å². The Balaban J connectivity index is 2.02. The first-order valence-electron chi connectivity index (χ1n) is 7.03. The lowest BCUT2D eigenvalue weighted by Crippen LogP contribution is -2.17. The zero-order valence-electron chi connectivity index (χ0n) is 12.3. The summed E-state index contributed by atoms with van der Waals surface area (Å²) in [5.74, 6) is 0. The van der Waals surface area contributed by atoms with E-state index in [-0.39, 0.29) is 0 Å². The third-order valence-electron chi connectivity index (χ3n) is 3.24. The van der Waals surface area contributed by atoms with Crippen LogP contribution in [-0.4, -0.2) is 14.8 Å². The summed E-state index contributed by atoms with van der Waals surface area (Å²) in [5.41, 5.74) is 4.10. The van der Waals surface area contributed by atoms with Gasteiger partial charge in [0.15, 0.2) is 0 Å². The molecule has 0 aliphatic carbocycles. The van der Waals surface area contributed by atoms with Gasteiger partial charge in [0.25, 0.3) is 0 Å². The average molecular weight is 293 g/mol. The molecule has 0 unspecified atom stereocenters. The second kappa shape index (κ2) is 6.86. The molecule has 0 amide bonds. The molecular formula is C15H21ClN4. The predicted octanol–water partition coefficient (Wildman–Crippen LogP) is 3.11. The van der Waals surface area contributed by atoms with Gasteiger partial charge >= 0.3 is 0 Å². The molecular weight excluding hydrogens is 272 g/mol. The Labute approximate surface area is 125 Å². The first-order valence-corrected chi connectivity index (χ1v) is 7.40. The Hall–Kier alpha value is -1.39. The van der Waals surface area contributed by atoms with Gasteiger partial charge in [-0.05, 0) is 32.4 Å². The molecule has 5 heteroatoms. The van der Waals surface area contributed by atoms with Gasteiger partial charge in [0.1, 0.15) is 0 Å². The van der Waals surface area contributed by atoms with Gasteiger partial charge in [-0.15, -0.1) is 0 Å². The minimum Gasteiger partial charge on any atom is -0.305 e. The molecule has 2 heterocycles. The lowest BCUT2D eigenvalue weighted by Gasteiger charge is -2.07. The molecule has 0 aliphatic heterocycles. The Morgan fingerprint density at radius 3 is 2.70 bits per heavy atom. The van der Waals surface area contributed by atoms with Crippen LogP contribution in [0.2, 0.25) is 5.02 Å². The number of hydrogen-bond donors (Lipinski definition) is 1. The summed E-state index contributed by atoms with van der Waals surface area (Å²) in [7, 11) is 0. The summed E-state index contributed by atoms with van der Waals surface area (Å²) in [6, 6.07) is 6.05. The normalized spacial score (nSPS) is 11.0. The van der Waals surface area contributed by atoms with Gasteiger partial charge in [-0.3, -0.25) is 9.67 Å². The van der Waals surface area contributed by atoms with Crippen LogP contribution in [0.4, 0.5) is 0 Å². The quantitative estimate of drug-likeness (QED) is 0.889. The number of halogens is 1. The van der Waals surface area contributed by atoms with E-state index in [1.807, 2.05) is 29.8 Å². The van der Waals surface area contributed by atoms with Crippen molar-refractivity contribution in [2.24, 2.45) is 0 Å². The van der Waals surface area contributed by atoms with Crippen LogP contribution in [-0.2, 0) is 26.1 Å². The van der Waals surface area contributed by atoms with Crippen LogP contribution >= 0.6 is 11.6 Å². The van der Waals surface area contributed by atoms with Gasteiger partial charge in [0.2, 0.25) is 0 Å². The van der Waals surface area contributed by atoms with E-state index in [1.54, 1.807) is 0 Å². The lowest BCUT2D eigenvalue weighted by molar-refractivity contribution is 0.574. The van der Waals surface area contributed by atoms with E-state index >= 15 is 0 Å². The highest BCUT2D eigenvalue weighted by atomic mass is 35.5. The van der Waals surface area contributed by atoms with Crippen molar-refractivity contribution in [3.05, 3.63) is 46.0 Å². The molecule has 4 nitrogen and oxygen atoms in total. The van der Waals surface area contributed by atoms with Crippen molar-refractivity contribution in [1.82, 2.24) is 20.1 Å². The number of nitrogens with zero attached hydrogens (tertiary/aromatic N) is 3. The van der Waals surface area contributed by atoms with E-state index in [0.717, 1.165) is 47.3 Å². The molecule has 2 aromatic rings. The molecule has 1 N–H and O–H groups in total. The summed E-state index contributed by atoms with van der Waals surface area (Å²) < 4.78 is 1.97. The highest BCUT2D eigenvalue weighted by Crippen LogP contribution is 2.21. The molecule has 108 valence electrons. The van der Waals surface area contributed by atoms with Crippen LogP contribution in [0.15, 0.2) is 18.2 Å². The third-order valence-corrected chi connectivity index (χ3v) is 3.67. The first kappa shape index (κ1) is 15.0. The van der Waals surface area contributed by atoms with Crippen molar-refractivity contribution < 1.29 is 0 Å². The average Bonchev–Trinajstić information content (AvgIpc) is 2.75. The SMILES string of the molecule is CCc1nn(CC)c(CNCc2cccc(C)n2)c1Cl. The zero-order chi connectivity index (χ0) is 14.5. The van der Waals surface area contributed by atoms with Crippen molar-refractivity contribution in [3.8, 4) is 0 Å². The summed E-state index contributed by atoms with van der Waals surface area (Å²) in [5, 5.41) is 8.70. The van der Waals surface area contributed by atoms with Gasteiger partial charge in [-0.1, -0.05) is 24.6 Å². The van der Waals surface area contributed by atoms with Crippen molar-refractivity contribution in [2.75, 3.05) is 0 Å². The van der Waals surface area contributed by atoms with E-state index < -0.39 is 0 Å². The van der Waals surface area contributed by atoms with Crippen LogP contribution in [0.5, 0.6) is 0 Å². The summed E-state index contributed by atoms with van der Waals surface area (Å²) in [4.78, 5) is 4.47. The maximum Gasteiger partial charge on any atom is 0.0863 e. The van der Waals surface area contributed by atoms with Crippen LogP contribution in [0.3, 0.4) is 0 Å². The molecule has 0 fully saturated rings. The molecule has 0 aliphatic rings. The number of hydrogen-bond acceptors (Lipinski definition) is 3. The van der Waals surface area contributed by atoms with Crippen molar-refractivity contribution >= 4 is 11.6 Å². The van der Waals surface area contributed by atoms with Crippen molar-refractivity contribution in [1.29, 1.82) is 0 Å². The largest absolute Gasteiger partial charge is 0.305 e. The minimum atomic E-state index is 0.704. The molecule has 0 radical (unpaired) electrons. The molecule has 0 saturated carbocycles. The highest BCUT2D eigenvalue weighted by molar-refractivity contribution is 6.31. The summed E-state index contributed by atoms with van der Waals surface area (Å²) in [6.07, 6.45) is 0.859. The van der Waals surface area contributed by atoms with Crippen LogP contribution < -0.4 is 5.32 Å². The van der Waals surface area contributed by atoms with Gasteiger partial charge in [0, 0.05) is 25.3 Å². The van der Waals surface area contributed by atoms with E-state index in [2.05, 4.69) is 29.2 Å². The number of aromatic nitrogens is 3. The molecule has 2 rings (SSSR count). The fourth-order valence-electron chi connectivity index (χ4n) is 2.19. The van der Waals surface area contributed by atoms with Crippen molar-refractivity contribution in [3.63, 3.8) is 0 Å². The Morgan fingerprint density at radius 1 is 1.25 bits per heavy atom. The van der Waals surface area contributed by atoms with E-state index in [4.69, 9.17) is 11.6 Å². The van der Waals surface area contributed by atoms with Gasteiger partial charge in [-0.2, -0.15) is 5.10 Å². The van der Waals surface area contributed by atoms with Crippen molar-refractivity contribution in [2.45, 2.75) is 46.8 Å². The monoisotopic (exact) mass is 292 g/mol. The molecule has 0 bridgehead atoms. The van der Waals surface area contributed by atoms with Gasteiger partial charge in [0.05, 0.1) is 22.1 Å². The molecule has 0 saturated heterocycles. The van der Waals surface area contributed by atoms with E-state index in [0.29, 0.717) is 6.54 Å². The highest BCUT2D eigenvalue weighted by Gasteiger charge is 2.13. The van der Waals surface area contributed by atoms with Crippen LogP contribution in [0.25, 0.3) is 0 Å². The molecule has 0 spiro atoms. The van der Waals surface area contributed by atoms with Gasteiger partial charge in [-0.25, -0.2) is 0 Å². The number of nitrogens with one attached hydrogen (secondary N) is 1. The number of aryl methyl sites for hydroxylation is 3. The second-order valence-electron chi connectivity index (χ2n) is 4.75. The Bertz CT molecular complexity index is 577. The standard InChI is InChI=1S/C15H21ClN4/c1-4-13-15(16)14(20(5-2)19-13)10-17-9-12-8-6-7-11(3)18-12/h6-8,17H,4-5,9-10H2,1-3H3. The number of rotatable bonds is 6. The van der Waals surface area contributed by atoms with Crippen LogP contribution in [0.1, 0.15) is 36.6 Å². The molecule has 20 heavy (non-hydrogen) atoms. The topological polar surface area (TPSA) is 42.7 Å². The predicted molar refractivity (Wildman–Crippen MR) is 81.8 cm³/mol. The first-order chi connectivity index (χ1) is 9.65. The lowest BCUT2D eigenvalue weighted by atomic mass is 10.3.